The van der Waals surface area contributed by atoms with Gasteiger partial charge in [-0.15, -0.1) is 0 Å². The lowest BCUT2D eigenvalue weighted by atomic mass is 9.99. The van der Waals surface area contributed by atoms with E-state index in [1.807, 2.05) is 19.1 Å². The molecule has 0 aliphatic heterocycles. The maximum atomic E-state index is 13.4. The Bertz CT molecular complexity index is 367. The van der Waals surface area contributed by atoms with Crippen LogP contribution in [-0.2, 0) is 0 Å². The highest BCUT2D eigenvalue weighted by molar-refractivity contribution is 5.55. The fourth-order valence-corrected chi connectivity index (χ4v) is 1.43. The molecule has 15 heavy (non-hydrogen) atoms. The van der Waals surface area contributed by atoms with E-state index in [1.165, 1.54) is 6.07 Å². The Morgan fingerprint density at radius 3 is 2.67 bits per heavy atom. The molecule has 1 nitrogen and oxygen atoms in total. The summed E-state index contributed by atoms with van der Waals surface area (Å²) >= 11 is 0. The molecule has 0 atom stereocenters. The first-order chi connectivity index (χ1) is 7.04. The second-order valence-electron chi connectivity index (χ2n) is 4.10. The highest BCUT2D eigenvalue weighted by atomic mass is 19.1. The van der Waals surface area contributed by atoms with Gasteiger partial charge < -0.3 is 5.73 Å². The van der Waals surface area contributed by atoms with E-state index in [2.05, 4.69) is 13.8 Å². The Hall–Kier alpha value is -1.15. The monoisotopic (exact) mass is 207 g/mol. The normalized spacial score (nSPS) is 12.3. The van der Waals surface area contributed by atoms with E-state index in [9.17, 15) is 4.39 Å². The Balaban J connectivity index is 3.10. The molecule has 0 spiro atoms. The molecule has 82 valence electrons. The van der Waals surface area contributed by atoms with Gasteiger partial charge in [-0.25, -0.2) is 4.39 Å². The average Bonchev–Trinajstić information content (AvgIpc) is 2.18. The molecule has 2 heteroatoms. The van der Waals surface area contributed by atoms with E-state index in [-0.39, 0.29) is 5.82 Å². The largest absolute Gasteiger partial charge is 0.327 e. The predicted octanol–water partition coefficient (Wildman–Crippen LogP) is 3.13. The summed E-state index contributed by atoms with van der Waals surface area (Å²) in [4.78, 5) is 0. The lowest BCUT2D eigenvalue weighted by molar-refractivity contribution is 0.624. The maximum Gasteiger partial charge on any atom is 0.130 e. The maximum absolute atomic E-state index is 13.4. The van der Waals surface area contributed by atoms with Crippen LogP contribution >= 0.6 is 0 Å². The first-order valence-electron chi connectivity index (χ1n) is 5.21. The van der Waals surface area contributed by atoms with Gasteiger partial charge in [0, 0.05) is 12.1 Å². The third-order valence-corrected chi connectivity index (χ3v) is 2.47. The van der Waals surface area contributed by atoms with Crippen LogP contribution in [0.15, 0.2) is 23.8 Å². The smallest absolute Gasteiger partial charge is 0.130 e. The quantitative estimate of drug-likeness (QED) is 0.809. The SMILES string of the molecule is Cc1ccc(F)c(/C=C(\CN)C(C)C)c1. The molecule has 1 aromatic rings. The summed E-state index contributed by atoms with van der Waals surface area (Å²) in [5, 5.41) is 0. The molecule has 0 saturated carbocycles. The molecule has 0 aliphatic carbocycles. The minimum atomic E-state index is -0.188. The topological polar surface area (TPSA) is 26.0 Å². The minimum absolute atomic E-state index is 0.188. The minimum Gasteiger partial charge on any atom is -0.327 e. The molecular formula is C13H18FN. The first kappa shape index (κ1) is 11.9. The second-order valence-corrected chi connectivity index (χ2v) is 4.10. The van der Waals surface area contributed by atoms with Crippen molar-refractivity contribution in [2.75, 3.05) is 6.54 Å². The van der Waals surface area contributed by atoms with Gasteiger partial charge in [-0.3, -0.25) is 0 Å². The van der Waals surface area contributed by atoms with E-state index in [1.54, 1.807) is 6.07 Å². The van der Waals surface area contributed by atoms with Crippen molar-refractivity contribution >= 4 is 6.08 Å². The molecule has 0 saturated heterocycles. The molecule has 0 aromatic heterocycles. The van der Waals surface area contributed by atoms with Crippen LogP contribution in [0.1, 0.15) is 25.0 Å². The molecule has 0 heterocycles. The van der Waals surface area contributed by atoms with Crippen molar-refractivity contribution in [1.82, 2.24) is 0 Å². The summed E-state index contributed by atoms with van der Waals surface area (Å²) in [7, 11) is 0. The molecule has 1 rings (SSSR count). The van der Waals surface area contributed by atoms with E-state index >= 15 is 0 Å². The fourth-order valence-electron chi connectivity index (χ4n) is 1.43. The van der Waals surface area contributed by atoms with Crippen LogP contribution in [-0.4, -0.2) is 6.54 Å². The average molecular weight is 207 g/mol. The number of halogens is 1. The second kappa shape index (κ2) is 5.08. The van der Waals surface area contributed by atoms with Gasteiger partial charge in [-0.05, 0) is 25.0 Å². The van der Waals surface area contributed by atoms with Gasteiger partial charge in [0.25, 0.3) is 0 Å². The van der Waals surface area contributed by atoms with Gasteiger partial charge in [0.1, 0.15) is 5.82 Å². The third kappa shape index (κ3) is 3.17. The van der Waals surface area contributed by atoms with Crippen LogP contribution < -0.4 is 5.73 Å². The predicted molar refractivity (Wildman–Crippen MR) is 63.0 cm³/mol. The van der Waals surface area contributed by atoms with Gasteiger partial charge >= 0.3 is 0 Å². The summed E-state index contributed by atoms with van der Waals surface area (Å²) in [5.74, 6) is 0.169. The van der Waals surface area contributed by atoms with Gasteiger partial charge in [-0.1, -0.05) is 37.1 Å². The highest BCUT2D eigenvalue weighted by Gasteiger charge is 2.04. The molecule has 0 unspecified atom stereocenters. The van der Waals surface area contributed by atoms with Crippen molar-refractivity contribution in [2.24, 2.45) is 11.7 Å². The van der Waals surface area contributed by atoms with Gasteiger partial charge in [0.05, 0.1) is 0 Å². The summed E-state index contributed by atoms with van der Waals surface area (Å²) in [6.07, 6.45) is 1.85. The number of rotatable bonds is 3. The van der Waals surface area contributed by atoms with E-state index in [4.69, 9.17) is 5.73 Å². The van der Waals surface area contributed by atoms with Crippen molar-refractivity contribution < 1.29 is 4.39 Å². The molecule has 0 bridgehead atoms. The Morgan fingerprint density at radius 1 is 1.47 bits per heavy atom. The van der Waals surface area contributed by atoms with Crippen molar-refractivity contribution in [1.29, 1.82) is 0 Å². The van der Waals surface area contributed by atoms with Crippen LogP contribution in [0, 0.1) is 18.7 Å². The van der Waals surface area contributed by atoms with Crippen molar-refractivity contribution in [3.8, 4) is 0 Å². The molecule has 0 fully saturated rings. The molecule has 2 N–H and O–H groups in total. The summed E-state index contributed by atoms with van der Waals surface area (Å²) in [6, 6.07) is 5.10. The lowest BCUT2D eigenvalue weighted by Gasteiger charge is -2.09. The summed E-state index contributed by atoms with van der Waals surface area (Å²) in [6.45, 7) is 6.55. The molecular weight excluding hydrogens is 189 g/mol. The zero-order chi connectivity index (χ0) is 11.4. The van der Waals surface area contributed by atoms with Crippen molar-refractivity contribution in [2.45, 2.75) is 20.8 Å². The van der Waals surface area contributed by atoms with E-state index in [0.29, 0.717) is 18.0 Å². The van der Waals surface area contributed by atoms with Crippen LogP contribution in [0.4, 0.5) is 4.39 Å². The van der Waals surface area contributed by atoms with Crippen LogP contribution in [0.5, 0.6) is 0 Å². The zero-order valence-electron chi connectivity index (χ0n) is 9.55. The summed E-state index contributed by atoms with van der Waals surface area (Å²) < 4.78 is 13.4. The first-order valence-corrected chi connectivity index (χ1v) is 5.21. The number of nitrogens with two attached hydrogens (primary N) is 1. The highest BCUT2D eigenvalue weighted by Crippen LogP contribution is 2.17. The van der Waals surface area contributed by atoms with E-state index < -0.39 is 0 Å². The van der Waals surface area contributed by atoms with Crippen LogP contribution in [0.25, 0.3) is 6.08 Å². The summed E-state index contributed by atoms with van der Waals surface area (Å²) in [5.41, 5.74) is 8.37. The van der Waals surface area contributed by atoms with Crippen LogP contribution in [0.2, 0.25) is 0 Å². The Kier molecular flexibility index (Phi) is 4.04. The molecule has 0 aliphatic rings. The zero-order valence-corrected chi connectivity index (χ0v) is 9.55. The number of aryl methyl sites for hydroxylation is 1. The number of hydrogen-bond donors (Lipinski definition) is 1. The molecule has 1 aromatic carbocycles. The van der Waals surface area contributed by atoms with Gasteiger partial charge in [-0.2, -0.15) is 0 Å². The Labute approximate surface area is 90.8 Å². The lowest BCUT2D eigenvalue weighted by Crippen LogP contribution is -2.08. The van der Waals surface area contributed by atoms with E-state index in [0.717, 1.165) is 11.1 Å². The number of hydrogen-bond acceptors (Lipinski definition) is 1. The van der Waals surface area contributed by atoms with Crippen molar-refractivity contribution in [3.05, 3.63) is 40.7 Å². The van der Waals surface area contributed by atoms with Gasteiger partial charge in [0.15, 0.2) is 0 Å². The van der Waals surface area contributed by atoms with Crippen molar-refractivity contribution in [3.63, 3.8) is 0 Å². The standard InChI is InChI=1S/C13H18FN/c1-9(2)12(8-15)7-11-6-10(3)4-5-13(11)14/h4-7,9H,8,15H2,1-3H3/b12-7+. The fraction of sp³-hybridized carbons (Fsp3) is 0.385. The third-order valence-electron chi connectivity index (χ3n) is 2.47. The number of benzene rings is 1. The van der Waals surface area contributed by atoms with Gasteiger partial charge in [0.2, 0.25) is 0 Å². The Morgan fingerprint density at radius 2 is 2.13 bits per heavy atom. The van der Waals surface area contributed by atoms with Crippen LogP contribution in [0.3, 0.4) is 0 Å². The molecule has 0 radical (unpaired) electrons. The molecule has 0 amide bonds.